The molecule has 216 valence electrons. The SMILES string of the molecule is CCC[C@H](NC(=O)[C@H](CCC(=O)NC(=O)OC(C)(C)C)NC(=O)OC(C)(C)C)C(=O)N1CCC[C@H]1C(N)=O. The molecule has 1 fully saturated rings. The van der Waals surface area contributed by atoms with Crippen molar-refractivity contribution in [3.05, 3.63) is 0 Å². The number of likely N-dealkylation sites (tertiary alicyclic amines) is 1. The van der Waals surface area contributed by atoms with Gasteiger partial charge in [-0.1, -0.05) is 13.3 Å². The number of carbonyl (C=O) groups is 6. The molecule has 0 aromatic heterocycles. The Balaban J connectivity index is 2.98. The monoisotopic (exact) mass is 541 g/mol. The third kappa shape index (κ3) is 11.8. The number of ether oxygens (including phenoxy) is 2. The fourth-order valence-electron chi connectivity index (χ4n) is 3.82. The molecule has 1 rings (SSSR count). The highest BCUT2D eigenvalue weighted by Gasteiger charge is 2.37. The Labute approximate surface area is 223 Å². The van der Waals surface area contributed by atoms with Crippen LogP contribution in [0.1, 0.15) is 87.0 Å². The van der Waals surface area contributed by atoms with Crippen LogP contribution in [0.15, 0.2) is 0 Å². The standard InChI is InChI=1S/C25H43N5O8/c1-8-10-16(21(34)30-14-9-11-17(30)19(26)32)27-20(33)15(28-22(35)37-24(2,3)4)12-13-18(31)29-23(36)38-25(5,6)7/h15-17H,8-14H2,1-7H3,(H2,26,32)(H,27,33)(H,28,35)(H,29,31,36)/t15-,16-,17-/m0/s1. The first kappa shape index (κ1) is 32.6. The molecule has 1 saturated heterocycles. The molecule has 38 heavy (non-hydrogen) atoms. The predicted octanol–water partition coefficient (Wildman–Crippen LogP) is 1.47. The summed E-state index contributed by atoms with van der Waals surface area (Å²) in [6, 6.07) is -2.97. The lowest BCUT2D eigenvalue weighted by Crippen LogP contribution is -2.56. The zero-order valence-electron chi connectivity index (χ0n) is 23.5. The van der Waals surface area contributed by atoms with Crippen molar-refractivity contribution in [2.45, 2.75) is 116 Å². The number of carbonyl (C=O) groups excluding carboxylic acids is 6. The summed E-state index contributed by atoms with van der Waals surface area (Å²) >= 11 is 0. The molecule has 13 heteroatoms. The van der Waals surface area contributed by atoms with Crippen LogP contribution in [-0.2, 0) is 28.7 Å². The molecule has 0 aromatic carbocycles. The second-order valence-corrected chi connectivity index (χ2v) is 11.2. The molecule has 0 radical (unpaired) electrons. The number of primary amides is 1. The van der Waals surface area contributed by atoms with E-state index in [1.165, 1.54) is 4.90 Å². The van der Waals surface area contributed by atoms with Crippen molar-refractivity contribution >= 4 is 35.8 Å². The minimum Gasteiger partial charge on any atom is -0.444 e. The van der Waals surface area contributed by atoms with Crippen LogP contribution in [0.2, 0.25) is 0 Å². The third-order valence-corrected chi connectivity index (χ3v) is 5.36. The molecule has 0 unspecified atom stereocenters. The van der Waals surface area contributed by atoms with Gasteiger partial charge in [0.05, 0.1) is 0 Å². The van der Waals surface area contributed by atoms with Gasteiger partial charge in [0.1, 0.15) is 29.3 Å². The van der Waals surface area contributed by atoms with Gasteiger partial charge in [0, 0.05) is 13.0 Å². The molecule has 0 saturated carbocycles. The number of rotatable bonds is 10. The van der Waals surface area contributed by atoms with Crippen LogP contribution in [-0.4, -0.2) is 76.6 Å². The molecule has 13 nitrogen and oxygen atoms in total. The number of nitrogens with zero attached hydrogens (tertiary/aromatic N) is 1. The van der Waals surface area contributed by atoms with Gasteiger partial charge >= 0.3 is 12.2 Å². The second-order valence-electron chi connectivity index (χ2n) is 11.2. The van der Waals surface area contributed by atoms with Crippen molar-refractivity contribution in [1.29, 1.82) is 0 Å². The summed E-state index contributed by atoms with van der Waals surface area (Å²) in [7, 11) is 0. The number of alkyl carbamates (subject to hydrolysis) is 2. The van der Waals surface area contributed by atoms with Crippen LogP contribution < -0.4 is 21.7 Å². The summed E-state index contributed by atoms with van der Waals surface area (Å²) in [4.78, 5) is 76.1. The van der Waals surface area contributed by atoms with E-state index < -0.39 is 65.1 Å². The van der Waals surface area contributed by atoms with Crippen molar-refractivity contribution in [3.8, 4) is 0 Å². The number of imide groups is 1. The van der Waals surface area contributed by atoms with Crippen molar-refractivity contribution < 1.29 is 38.2 Å². The van der Waals surface area contributed by atoms with E-state index in [0.717, 1.165) is 0 Å². The molecule has 1 aliphatic rings. The predicted molar refractivity (Wildman–Crippen MR) is 138 cm³/mol. The van der Waals surface area contributed by atoms with E-state index in [1.807, 2.05) is 6.92 Å². The van der Waals surface area contributed by atoms with E-state index in [2.05, 4.69) is 16.0 Å². The highest BCUT2D eigenvalue weighted by atomic mass is 16.6. The fraction of sp³-hybridized carbons (Fsp3) is 0.760. The number of nitrogens with one attached hydrogen (secondary N) is 3. The maximum absolute atomic E-state index is 13.2. The van der Waals surface area contributed by atoms with Crippen molar-refractivity contribution in [2.24, 2.45) is 5.73 Å². The number of hydrogen-bond acceptors (Lipinski definition) is 8. The van der Waals surface area contributed by atoms with Crippen molar-refractivity contribution in [3.63, 3.8) is 0 Å². The lowest BCUT2D eigenvalue weighted by atomic mass is 10.1. The molecule has 3 atom stereocenters. The average molecular weight is 542 g/mol. The molecular formula is C25H43N5O8. The average Bonchev–Trinajstić information content (AvgIpc) is 3.23. The number of hydrogen-bond donors (Lipinski definition) is 4. The quantitative estimate of drug-likeness (QED) is 0.320. The molecule has 1 aliphatic heterocycles. The van der Waals surface area contributed by atoms with E-state index in [1.54, 1.807) is 41.5 Å². The number of nitrogens with two attached hydrogens (primary N) is 1. The largest absolute Gasteiger partial charge is 0.444 e. The van der Waals surface area contributed by atoms with Crippen LogP contribution >= 0.6 is 0 Å². The Morgan fingerprint density at radius 3 is 2.00 bits per heavy atom. The highest BCUT2D eigenvalue weighted by molar-refractivity contribution is 5.95. The van der Waals surface area contributed by atoms with Crippen LogP contribution in [0.3, 0.4) is 0 Å². The first-order valence-electron chi connectivity index (χ1n) is 12.9. The maximum atomic E-state index is 13.2. The molecule has 0 bridgehead atoms. The normalized spacial score (nSPS) is 17.1. The first-order valence-corrected chi connectivity index (χ1v) is 12.9. The first-order chi connectivity index (χ1) is 17.4. The molecular weight excluding hydrogens is 498 g/mol. The fourth-order valence-corrected chi connectivity index (χ4v) is 3.82. The Morgan fingerprint density at radius 1 is 0.895 bits per heavy atom. The lowest BCUT2D eigenvalue weighted by molar-refractivity contribution is -0.141. The molecule has 1 heterocycles. The van der Waals surface area contributed by atoms with Gasteiger partial charge in [0.15, 0.2) is 0 Å². The van der Waals surface area contributed by atoms with E-state index in [0.29, 0.717) is 25.8 Å². The second kappa shape index (κ2) is 14.0. The molecule has 5 N–H and O–H groups in total. The van der Waals surface area contributed by atoms with Gasteiger partial charge < -0.3 is 30.7 Å². The maximum Gasteiger partial charge on any atom is 0.414 e. The number of amides is 6. The lowest BCUT2D eigenvalue weighted by Gasteiger charge is -2.29. The summed E-state index contributed by atoms with van der Waals surface area (Å²) in [5.74, 6) is -2.49. The van der Waals surface area contributed by atoms with Gasteiger partial charge in [-0.3, -0.25) is 24.5 Å². The Morgan fingerprint density at radius 2 is 1.47 bits per heavy atom. The van der Waals surface area contributed by atoms with E-state index >= 15 is 0 Å². The van der Waals surface area contributed by atoms with Crippen LogP contribution in [0.25, 0.3) is 0 Å². The van der Waals surface area contributed by atoms with E-state index in [-0.39, 0.29) is 19.3 Å². The molecule has 0 aromatic rings. The molecule has 0 aliphatic carbocycles. The van der Waals surface area contributed by atoms with Crippen LogP contribution in [0, 0.1) is 0 Å². The van der Waals surface area contributed by atoms with Gasteiger partial charge in [0.2, 0.25) is 23.6 Å². The Bertz CT molecular complexity index is 893. The summed E-state index contributed by atoms with van der Waals surface area (Å²) < 4.78 is 10.3. The molecule has 0 spiro atoms. The zero-order valence-corrected chi connectivity index (χ0v) is 23.5. The van der Waals surface area contributed by atoms with Gasteiger partial charge in [-0.05, 0) is 67.2 Å². The Hall–Kier alpha value is -3.38. The minimum absolute atomic E-state index is 0.194. The van der Waals surface area contributed by atoms with Gasteiger partial charge in [-0.15, -0.1) is 0 Å². The van der Waals surface area contributed by atoms with Crippen LogP contribution in [0.4, 0.5) is 9.59 Å². The summed E-state index contributed by atoms with van der Waals surface area (Å²) in [6.07, 6.45) is -0.441. The van der Waals surface area contributed by atoms with Crippen LogP contribution in [0.5, 0.6) is 0 Å². The minimum atomic E-state index is -1.26. The van der Waals surface area contributed by atoms with E-state index in [4.69, 9.17) is 15.2 Å². The summed E-state index contributed by atoms with van der Waals surface area (Å²) in [5, 5.41) is 7.15. The third-order valence-electron chi connectivity index (χ3n) is 5.36. The van der Waals surface area contributed by atoms with Gasteiger partial charge in [-0.2, -0.15) is 0 Å². The van der Waals surface area contributed by atoms with Crippen molar-refractivity contribution in [2.75, 3.05) is 6.54 Å². The summed E-state index contributed by atoms with van der Waals surface area (Å²) in [6.45, 7) is 12.1. The smallest absolute Gasteiger partial charge is 0.414 e. The van der Waals surface area contributed by atoms with E-state index in [9.17, 15) is 28.8 Å². The Kier molecular flexibility index (Phi) is 12.0. The highest BCUT2D eigenvalue weighted by Crippen LogP contribution is 2.19. The molecule has 6 amide bonds. The summed E-state index contributed by atoms with van der Waals surface area (Å²) in [5.41, 5.74) is 3.78. The zero-order chi connectivity index (χ0) is 29.3. The van der Waals surface area contributed by atoms with Gasteiger partial charge in [0.25, 0.3) is 0 Å². The van der Waals surface area contributed by atoms with Gasteiger partial charge in [-0.25, -0.2) is 9.59 Å². The van der Waals surface area contributed by atoms with Crippen molar-refractivity contribution in [1.82, 2.24) is 20.9 Å². The topological polar surface area (TPSA) is 186 Å².